The number of nitrogens with zero attached hydrogens (tertiary/aromatic N) is 1. The first-order valence-electron chi connectivity index (χ1n) is 16.8. The number of amidine groups is 1. The van der Waals surface area contributed by atoms with Gasteiger partial charge in [-0.1, -0.05) is 65.3 Å². The van der Waals surface area contributed by atoms with Crippen LogP contribution in [0.5, 0.6) is 0 Å². The van der Waals surface area contributed by atoms with Gasteiger partial charge in [0.25, 0.3) is 0 Å². The van der Waals surface area contributed by atoms with E-state index in [9.17, 15) is 19.5 Å². The molecule has 0 aromatic heterocycles. The van der Waals surface area contributed by atoms with Gasteiger partial charge in [-0.3, -0.25) is 14.4 Å². The first kappa shape index (κ1) is 33.7. The SMILES string of the molecule is CC(=O)O[C@@H]1C[C@]23COC[C@](C)([C@@H]2CC[C@H]2C3=CC[C@@]3(C)[C@H](C(=O)O)[C@@](C)([C@H](C)C(C)C)CC[C@]23C)[C@H]1OC(=O)C/C(N)=N/O. The average molecular weight is 631 g/mol. The predicted octanol–water partition coefficient (Wildman–Crippen LogP) is 5.55. The molecular weight excluding hydrogens is 576 g/mol. The van der Waals surface area contributed by atoms with Gasteiger partial charge in [-0.05, 0) is 78.4 Å². The molecule has 0 unspecified atom stereocenters. The lowest BCUT2D eigenvalue weighted by molar-refractivity contribution is -0.262. The van der Waals surface area contributed by atoms with Gasteiger partial charge in [0.1, 0.15) is 24.5 Å². The van der Waals surface area contributed by atoms with Gasteiger partial charge in [-0.25, -0.2) is 0 Å². The van der Waals surface area contributed by atoms with Gasteiger partial charge < -0.3 is 30.3 Å². The lowest BCUT2D eigenvalue weighted by atomic mass is 9.34. The molecule has 5 rings (SSSR count). The zero-order valence-electron chi connectivity index (χ0n) is 28.4. The standard InChI is InChI=1S/C35H54N2O8/c1-19(2)20(3)31(5)13-14-33(7)22-9-10-25-32(6)17-43-18-35(25,23(22)11-12-34(33,8)28(31)30(40)41)16-24(44-21(4)38)29(32)45-27(39)15-26(36)37-42/h11,19-20,22,24-25,28-29,42H,9-10,12-18H2,1-8H3,(H2,36,37)(H,40,41)/t20-,22+,24-,25+,28-,29+,31-,32-,33-,34+,35-/m1/s1. The lowest BCUT2D eigenvalue weighted by Gasteiger charge is -2.71. The number of rotatable bonds is 7. The molecule has 1 aliphatic heterocycles. The number of carbonyl (C=O) groups is 3. The topological polar surface area (TPSA) is 158 Å². The molecule has 4 N–H and O–H groups in total. The van der Waals surface area contributed by atoms with E-state index in [0.29, 0.717) is 32.0 Å². The van der Waals surface area contributed by atoms with Crippen molar-refractivity contribution in [3.8, 4) is 0 Å². The van der Waals surface area contributed by atoms with Crippen LogP contribution in [-0.4, -0.2) is 59.5 Å². The maximum absolute atomic E-state index is 13.3. The van der Waals surface area contributed by atoms with Gasteiger partial charge in [0.2, 0.25) is 0 Å². The summed E-state index contributed by atoms with van der Waals surface area (Å²) < 4.78 is 18.4. The van der Waals surface area contributed by atoms with Gasteiger partial charge in [0, 0.05) is 17.8 Å². The number of allylic oxidation sites excluding steroid dienone is 1. The molecule has 11 atom stereocenters. The normalized spacial score (nSPS) is 44.9. The monoisotopic (exact) mass is 630 g/mol. The summed E-state index contributed by atoms with van der Waals surface area (Å²) in [5.74, 6) is -1.63. The Morgan fingerprint density at radius 1 is 1.07 bits per heavy atom. The number of hydrogen-bond acceptors (Lipinski definition) is 8. The van der Waals surface area contributed by atoms with Crippen molar-refractivity contribution in [3.05, 3.63) is 11.6 Å². The van der Waals surface area contributed by atoms with Crippen molar-refractivity contribution in [2.75, 3.05) is 13.2 Å². The van der Waals surface area contributed by atoms with Crippen LogP contribution in [0, 0.1) is 56.7 Å². The molecule has 10 nitrogen and oxygen atoms in total. The number of hydrogen-bond donors (Lipinski definition) is 3. The highest BCUT2D eigenvalue weighted by molar-refractivity contribution is 5.96. The highest BCUT2D eigenvalue weighted by atomic mass is 16.6. The van der Waals surface area contributed by atoms with E-state index in [1.54, 1.807) is 0 Å². The first-order chi connectivity index (χ1) is 20.9. The molecule has 2 bridgehead atoms. The van der Waals surface area contributed by atoms with Crippen molar-refractivity contribution in [3.63, 3.8) is 0 Å². The second-order valence-corrected chi connectivity index (χ2v) is 16.4. The van der Waals surface area contributed by atoms with E-state index in [-0.39, 0.29) is 40.8 Å². The number of oxime groups is 1. The molecular formula is C35H54N2O8. The molecule has 5 aliphatic rings. The van der Waals surface area contributed by atoms with Gasteiger partial charge >= 0.3 is 17.9 Å². The van der Waals surface area contributed by atoms with Gasteiger partial charge in [0.05, 0.1) is 19.1 Å². The van der Waals surface area contributed by atoms with Crippen molar-refractivity contribution >= 4 is 23.7 Å². The number of carboxylic acids is 1. The molecule has 0 amide bonds. The summed E-state index contributed by atoms with van der Waals surface area (Å²) in [5.41, 5.74) is 4.83. The fourth-order valence-electron chi connectivity index (χ4n) is 11.5. The molecule has 4 aliphatic carbocycles. The van der Waals surface area contributed by atoms with Crippen LogP contribution in [-0.2, 0) is 28.6 Å². The van der Waals surface area contributed by atoms with Crippen LogP contribution < -0.4 is 5.73 Å². The van der Waals surface area contributed by atoms with E-state index in [2.05, 4.69) is 59.7 Å². The number of aliphatic carboxylic acids is 1. The number of nitrogens with two attached hydrogens (primary N) is 1. The van der Waals surface area contributed by atoms with Gasteiger partial charge in [-0.15, -0.1) is 0 Å². The quantitative estimate of drug-likeness (QED) is 0.0818. The predicted molar refractivity (Wildman–Crippen MR) is 167 cm³/mol. The van der Waals surface area contributed by atoms with Crippen molar-refractivity contribution in [1.82, 2.24) is 0 Å². The third kappa shape index (κ3) is 4.82. The Labute approximate surface area is 267 Å². The van der Waals surface area contributed by atoms with Crippen LogP contribution in [0.15, 0.2) is 16.8 Å². The maximum atomic E-state index is 13.3. The molecule has 0 aromatic rings. The summed E-state index contributed by atoms with van der Waals surface area (Å²) in [6.45, 7) is 17.7. The largest absolute Gasteiger partial charge is 0.481 e. The Hall–Kier alpha value is -2.62. The van der Waals surface area contributed by atoms with Crippen molar-refractivity contribution in [1.29, 1.82) is 0 Å². The Morgan fingerprint density at radius 2 is 1.76 bits per heavy atom. The van der Waals surface area contributed by atoms with Crippen LogP contribution in [0.1, 0.15) is 100 Å². The highest BCUT2D eigenvalue weighted by Gasteiger charge is 2.72. The van der Waals surface area contributed by atoms with Gasteiger partial charge in [0.15, 0.2) is 0 Å². The van der Waals surface area contributed by atoms with E-state index in [1.165, 1.54) is 12.5 Å². The molecule has 45 heavy (non-hydrogen) atoms. The smallest absolute Gasteiger partial charge is 0.314 e. The molecule has 0 radical (unpaired) electrons. The zero-order valence-corrected chi connectivity index (χ0v) is 28.4. The molecule has 10 heteroatoms. The van der Waals surface area contributed by atoms with E-state index in [1.807, 2.05) is 0 Å². The first-order valence-corrected chi connectivity index (χ1v) is 16.8. The number of carboxylic acid groups (broad SMARTS) is 1. The van der Waals surface area contributed by atoms with Crippen molar-refractivity contribution < 1.29 is 38.9 Å². The summed E-state index contributed by atoms with van der Waals surface area (Å²) >= 11 is 0. The molecule has 252 valence electrons. The van der Waals surface area contributed by atoms with Crippen molar-refractivity contribution in [2.24, 2.45) is 67.6 Å². The summed E-state index contributed by atoms with van der Waals surface area (Å²) in [5, 5.41) is 22.8. The zero-order chi connectivity index (χ0) is 33.3. The maximum Gasteiger partial charge on any atom is 0.314 e. The summed E-state index contributed by atoms with van der Waals surface area (Å²) in [6, 6.07) is 0. The lowest BCUT2D eigenvalue weighted by Crippen LogP contribution is -2.70. The average Bonchev–Trinajstić information content (AvgIpc) is 2.94. The van der Waals surface area contributed by atoms with E-state index >= 15 is 0 Å². The fourth-order valence-corrected chi connectivity index (χ4v) is 11.5. The number of ether oxygens (including phenoxy) is 3. The molecule has 1 heterocycles. The second-order valence-electron chi connectivity index (χ2n) is 16.4. The Bertz CT molecular complexity index is 1300. The van der Waals surface area contributed by atoms with Gasteiger partial charge in [-0.2, -0.15) is 0 Å². The van der Waals surface area contributed by atoms with Crippen LogP contribution in [0.2, 0.25) is 0 Å². The van der Waals surface area contributed by atoms with Crippen LogP contribution in [0.4, 0.5) is 0 Å². The number of esters is 2. The Morgan fingerprint density at radius 3 is 2.36 bits per heavy atom. The summed E-state index contributed by atoms with van der Waals surface area (Å²) in [6.07, 6.45) is 5.20. The van der Waals surface area contributed by atoms with E-state index < -0.39 is 52.3 Å². The van der Waals surface area contributed by atoms with Crippen molar-refractivity contribution in [2.45, 2.75) is 113 Å². The minimum absolute atomic E-state index is 0.104. The Balaban J connectivity index is 1.58. The molecule has 1 saturated heterocycles. The highest BCUT2D eigenvalue weighted by Crippen LogP contribution is 2.75. The molecule has 3 saturated carbocycles. The minimum atomic E-state index is -0.760. The minimum Gasteiger partial charge on any atom is -0.481 e. The van der Waals surface area contributed by atoms with Crippen LogP contribution in [0.25, 0.3) is 0 Å². The third-order valence-electron chi connectivity index (χ3n) is 14.1. The Kier molecular flexibility index (Phi) is 8.45. The van der Waals surface area contributed by atoms with E-state index in [4.69, 9.17) is 25.2 Å². The number of fused-ring (bicyclic) bond motifs is 3. The molecule has 0 aromatic carbocycles. The molecule has 4 fully saturated rings. The van der Waals surface area contributed by atoms with E-state index in [0.717, 1.165) is 25.7 Å². The fraction of sp³-hybridized carbons (Fsp3) is 0.829. The number of carbonyl (C=O) groups excluding carboxylic acids is 2. The third-order valence-corrected chi connectivity index (χ3v) is 14.1. The summed E-state index contributed by atoms with van der Waals surface area (Å²) in [4.78, 5) is 38.7. The second kappa shape index (κ2) is 11.3. The molecule has 0 spiro atoms. The van der Waals surface area contributed by atoms with Crippen LogP contribution >= 0.6 is 0 Å². The summed E-state index contributed by atoms with van der Waals surface area (Å²) in [7, 11) is 0. The van der Waals surface area contributed by atoms with Crippen LogP contribution in [0.3, 0.4) is 0 Å².